The number of benzene rings is 1. The van der Waals surface area contributed by atoms with Crippen molar-refractivity contribution < 1.29 is 14.6 Å². The molecule has 0 spiro atoms. The highest BCUT2D eigenvalue weighted by atomic mass is 16.5. The van der Waals surface area contributed by atoms with E-state index in [2.05, 4.69) is 4.98 Å². The van der Waals surface area contributed by atoms with E-state index in [4.69, 9.17) is 4.74 Å². The van der Waals surface area contributed by atoms with Crippen LogP contribution in [0.4, 0.5) is 0 Å². The van der Waals surface area contributed by atoms with Gasteiger partial charge in [-0.05, 0) is 30.7 Å². The minimum atomic E-state index is -0.882. The molecule has 3 aromatic rings. The van der Waals surface area contributed by atoms with Crippen molar-refractivity contribution in [1.29, 1.82) is 0 Å². The van der Waals surface area contributed by atoms with Gasteiger partial charge in [0.1, 0.15) is 11.4 Å². The molecule has 3 rings (SSSR count). The number of nitrogens with zero attached hydrogens (tertiary/aromatic N) is 2. The Morgan fingerprint density at radius 3 is 2.86 bits per heavy atom. The van der Waals surface area contributed by atoms with E-state index in [9.17, 15) is 9.90 Å². The van der Waals surface area contributed by atoms with E-state index >= 15 is 0 Å². The summed E-state index contributed by atoms with van der Waals surface area (Å²) in [7, 11) is 1.60. The first-order chi connectivity index (χ1) is 10.6. The van der Waals surface area contributed by atoms with Crippen molar-refractivity contribution >= 4 is 11.6 Å². The maximum atomic E-state index is 11.2. The lowest BCUT2D eigenvalue weighted by atomic mass is 10.1. The lowest BCUT2D eigenvalue weighted by Crippen LogP contribution is -2.04. The molecule has 0 atom stereocenters. The Balaban J connectivity index is 2.27. The third kappa shape index (κ3) is 2.41. The summed E-state index contributed by atoms with van der Waals surface area (Å²) in [6.07, 6.45) is 1.76. The van der Waals surface area contributed by atoms with Crippen LogP contribution in [0.1, 0.15) is 11.3 Å². The van der Waals surface area contributed by atoms with Crippen molar-refractivity contribution in [3.63, 3.8) is 0 Å². The Morgan fingerprint density at radius 1 is 1.32 bits per heavy atom. The first kappa shape index (κ1) is 14.1. The van der Waals surface area contributed by atoms with Crippen molar-refractivity contribution in [2.45, 2.75) is 13.3 Å². The molecule has 2 aromatic heterocycles. The van der Waals surface area contributed by atoms with Gasteiger partial charge in [0.15, 0.2) is 0 Å². The normalized spacial score (nSPS) is 10.8. The highest BCUT2D eigenvalue weighted by Gasteiger charge is 2.17. The fraction of sp³-hybridized carbons (Fsp3) is 0.176. The van der Waals surface area contributed by atoms with E-state index in [1.807, 2.05) is 53.9 Å². The Bertz CT molecular complexity index is 852. The molecule has 1 aromatic carbocycles. The molecular weight excluding hydrogens is 280 g/mol. The molecule has 0 aliphatic rings. The predicted molar refractivity (Wildman–Crippen MR) is 83.3 cm³/mol. The molecule has 1 N–H and O–H groups in total. The maximum Gasteiger partial charge on any atom is 0.309 e. The van der Waals surface area contributed by atoms with Crippen LogP contribution in [0.2, 0.25) is 0 Å². The van der Waals surface area contributed by atoms with Crippen LogP contribution in [-0.2, 0) is 11.2 Å². The van der Waals surface area contributed by atoms with E-state index in [0.29, 0.717) is 17.1 Å². The zero-order valence-electron chi connectivity index (χ0n) is 12.4. The van der Waals surface area contributed by atoms with E-state index < -0.39 is 5.97 Å². The molecule has 22 heavy (non-hydrogen) atoms. The van der Waals surface area contributed by atoms with E-state index in [1.54, 1.807) is 7.11 Å². The number of aromatic nitrogens is 2. The molecule has 5 nitrogen and oxygen atoms in total. The number of fused-ring (bicyclic) bond motifs is 1. The van der Waals surface area contributed by atoms with Crippen molar-refractivity contribution in [3.8, 4) is 17.0 Å². The summed E-state index contributed by atoms with van der Waals surface area (Å²) in [6, 6.07) is 11.3. The molecule has 0 amide bonds. The number of pyridine rings is 1. The number of hydrogen-bond acceptors (Lipinski definition) is 3. The lowest BCUT2D eigenvalue weighted by Gasteiger charge is -2.05. The number of aryl methyl sites for hydroxylation is 1. The number of carbonyl (C=O) groups is 1. The summed E-state index contributed by atoms with van der Waals surface area (Å²) in [6.45, 7) is 1.96. The maximum absolute atomic E-state index is 11.2. The lowest BCUT2D eigenvalue weighted by molar-refractivity contribution is -0.136. The van der Waals surface area contributed by atoms with Crippen LogP contribution in [0.25, 0.3) is 16.9 Å². The first-order valence-electron chi connectivity index (χ1n) is 6.93. The summed E-state index contributed by atoms with van der Waals surface area (Å²) in [5.41, 5.74) is 3.97. The molecule has 0 saturated heterocycles. The summed E-state index contributed by atoms with van der Waals surface area (Å²) in [5.74, 6) is -0.167. The van der Waals surface area contributed by atoms with Crippen LogP contribution in [0, 0.1) is 6.92 Å². The minimum Gasteiger partial charge on any atom is -0.497 e. The topological polar surface area (TPSA) is 63.8 Å². The van der Waals surface area contributed by atoms with E-state index in [1.165, 1.54) is 0 Å². The third-order valence-corrected chi connectivity index (χ3v) is 3.61. The molecule has 112 valence electrons. The standard InChI is InChI=1S/C17H16N2O3/c1-11-5-4-8-19-14(10-15(20)21)16(18-17(11)19)12-6-3-7-13(9-12)22-2/h3-9H,10H2,1-2H3,(H,20,21). The van der Waals surface area contributed by atoms with Gasteiger partial charge in [-0.1, -0.05) is 18.2 Å². The molecule has 0 aliphatic heterocycles. The van der Waals surface area contributed by atoms with Crippen molar-refractivity contribution in [2.24, 2.45) is 0 Å². The summed E-state index contributed by atoms with van der Waals surface area (Å²) in [5, 5.41) is 9.22. The number of hydrogen-bond donors (Lipinski definition) is 1. The van der Waals surface area contributed by atoms with Gasteiger partial charge in [-0.2, -0.15) is 0 Å². The largest absolute Gasteiger partial charge is 0.497 e. The van der Waals surface area contributed by atoms with Gasteiger partial charge in [0.05, 0.1) is 24.9 Å². The van der Waals surface area contributed by atoms with Crippen LogP contribution in [0.5, 0.6) is 5.75 Å². The second kappa shape index (κ2) is 5.52. The second-order valence-corrected chi connectivity index (χ2v) is 5.09. The SMILES string of the molecule is COc1cccc(-c2nc3c(C)cccn3c2CC(=O)O)c1. The monoisotopic (exact) mass is 296 g/mol. The molecular formula is C17H16N2O3. The minimum absolute atomic E-state index is 0.0861. The Kier molecular flexibility index (Phi) is 3.55. The van der Waals surface area contributed by atoms with Crippen LogP contribution in [-0.4, -0.2) is 27.6 Å². The molecule has 5 heteroatoms. The Labute approximate surface area is 127 Å². The van der Waals surface area contributed by atoms with Gasteiger partial charge in [0.25, 0.3) is 0 Å². The van der Waals surface area contributed by atoms with Crippen LogP contribution >= 0.6 is 0 Å². The molecule has 0 fully saturated rings. The number of rotatable bonds is 4. The van der Waals surface area contributed by atoms with Crippen molar-refractivity contribution in [1.82, 2.24) is 9.38 Å². The highest BCUT2D eigenvalue weighted by Crippen LogP contribution is 2.28. The molecule has 0 saturated carbocycles. The van der Waals surface area contributed by atoms with Crippen LogP contribution < -0.4 is 4.74 Å². The molecule has 0 aliphatic carbocycles. The molecule has 0 bridgehead atoms. The second-order valence-electron chi connectivity index (χ2n) is 5.09. The number of carboxylic acids is 1. The van der Waals surface area contributed by atoms with Gasteiger partial charge < -0.3 is 14.2 Å². The zero-order valence-corrected chi connectivity index (χ0v) is 12.4. The predicted octanol–water partition coefficient (Wildman–Crippen LogP) is 2.95. The van der Waals surface area contributed by atoms with Crippen molar-refractivity contribution in [2.75, 3.05) is 7.11 Å². The van der Waals surface area contributed by atoms with Crippen LogP contribution in [0.3, 0.4) is 0 Å². The highest BCUT2D eigenvalue weighted by molar-refractivity contribution is 5.76. The van der Waals surface area contributed by atoms with Crippen molar-refractivity contribution in [3.05, 3.63) is 53.9 Å². The van der Waals surface area contributed by atoms with Crippen LogP contribution in [0.15, 0.2) is 42.6 Å². The van der Waals surface area contributed by atoms with Gasteiger partial charge in [-0.25, -0.2) is 4.98 Å². The smallest absolute Gasteiger partial charge is 0.309 e. The quantitative estimate of drug-likeness (QED) is 0.804. The van der Waals surface area contributed by atoms with Gasteiger partial charge in [-0.3, -0.25) is 4.79 Å². The van der Waals surface area contributed by atoms with Gasteiger partial charge >= 0.3 is 5.97 Å². The third-order valence-electron chi connectivity index (χ3n) is 3.61. The number of imidazole rings is 1. The van der Waals surface area contributed by atoms with Gasteiger partial charge in [-0.15, -0.1) is 0 Å². The number of ether oxygens (including phenoxy) is 1. The summed E-state index contributed by atoms with van der Waals surface area (Å²) in [4.78, 5) is 15.9. The van der Waals surface area contributed by atoms with E-state index in [-0.39, 0.29) is 6.42 Å². The Morgan fingerprint density at radius 2 is 2.14 bits per heavy atom. The molecule has 0 radical (unpaired) electrons. The average Bonchev–Trinajstić information content (AvgIpc) is 2.87. The molecule has 2 heterocycles. The zero-order chi connectivity index (χ0) is 15.7. The average molecular weight is 296 g/mol. The number of carboxylic acid groups (broad SMARTS) is 1. The first-order valence-corrected chi connectivity index (χ1v) is 6.93. The van der Waals surface area contributed by atoms with Gasteiger partial charge in [0, 0.05) is 11.8 Å². The fourth-order valence-electron chi connectivity index (χ4n) is 2.57. The summed E-state index contributed by atoms with van der Waals surface area (Å²) >= 11 is 0. The Hall–Kier alpha value is -2.82. The van der Waals surface area contributed by atoms with Gasteiger partial charge in [0.2, 0.25) is 0 Å². The summed E-state index contributed by atoms with van der Waals surface area (Å²) < 4.78 is 7.09. The number of aliphatic carboxylic acids is 1. The molecule has 0 unspecified atom stereocenters. The number of methoxy groups -OCH3 is 1. The van der Waals surface area contributed by atoms with E-state index in [0.717, 1.165) is 16.8 Å². The fourth-order valence-corrected chi connectivity index (χ4v) is 2.57.